The lowest BCUT2D eigenvalue weighted by molar-refractivity contribution is -0.439. The summed E-state index contributed by atoms with van der Waals surface area (Å²) in [6.07, 6.45) is 16.8. The average molecular weight is 452 g/mol. The van der Waals surface area contributed by atoms with E-state index in [1.165, 1.54) is 55.5 Å². The molecule has 0 bridgehead atoms. The lowest BCUT2D eigenvalue weighted by atomic mass is 9.82. The minimum absolute atomic E-state index is 0. The molecule has 1 aliphatic heterocycles. The Kier molecular flexibility index (Phi) is 10.5. The molecule has 1 aromatic carbocycles. The highest BCUT2D eigenvalue weighted by Crippen LogP contribution is 2.39. The van der Waals surface area contributed by atoms with Gasteiger partial charge in [0.15, 0.2) is 5.71 Å². The maximum Gasteiger partial charge on any atom is 0.319 e. The van der Waals surface area contributed by atoms with Crippen LogP contribution in [0.2, 0.25) is 0 Å². The van der Waals surface area contributed by atoms with Gasteiger partial charge < -0.3 is 21.7 Å². The Morgan fingerprint density at radius 3 is 2.29 bits per heavy atom. The summed E-state index contributed by atoms with van der Waals surface area (Å²) >= 11 is 0. The van der Waals surface area contributed by atoms with Crippen molar-refractivity contribution in [3.8, 4) is 12.5 Å². The number of carbonyl (C=O) groups is 1. The van der Waals surface area contributed by atoms with Gasteiger partial charge in [-0.05, 0) is 26.7 Å². The van der Waals surface area contributed by atoms with Gasteiger partial charge in [-0.3, -0.25) is 4.79 Å². The predicted octanol–water partition coefficient (Wildman–Crippen LogP) is 3.22. The molecule has 4 heteroatoms. The van der Waals surface area contributed by atoms with E-state index in [-0.39, 0.29) is 31.2 Å². The van der Waals surface area contributed by atoms with Gasteiger partial charge >= 0.3 is 5.97 Å². The van der Waals surface area contributed by atoms with Crippen molar-refractivity contribution < 1.29 is 33.9 Å². The van der Waals surface area contributed by atoms with Crippen molar-refractivity contribution in [2.75, 3.05) is 6.54 Å². The van der Waals surface area contributed by atoms with E-state index in [0.717, 1.165) is 19.4 Å². The summed E-state index contributed by atoms with van der Waals surface area (Å²) in [4.78, 5) is 11.1. The van der Waals surface area contributed by atoms with Crippen LogP contribution in [-0.4, -0.2) is 22.8 Å². The highest BCUT2D eigenvalue weighted by atomic mass is 79.9. The summed E-state index contributed by atoms with van der Waals surface area (Å²) < 4.78 is 7.00. The number of para-hydroxylation sites is 1. The van der Waals surface area contributed by atoms with Gasteiger partial charge in [-0.15, -0.1) is 0 Å². The molecule has 0 aliphatic carbocycles. The number of terminal acetylenes is 1. The second-order valence-electron chi connectivity index (χ2n) is 8.05. The summed E-state index contributed by atoms with van der Waals surface area (Å²) in [6.45, 7) is 8.05. The minimum Gasteiger partial charge on any atom is -1.00 e. The molecule has 0 fully saturated rings. The van der Waals surface area contributed by atoms with E-state index in [1.807, 2.05) is 6.11 Å². The van der Waals surface area contributed by atoms with Gasteiger partial charge in [0.1, 0.15) is 12.7 Å². The number of unbranched alkanes of at least 4 members (excludes halogenated alkanes) is 7. The van der Waals surface area contributed by atoms with Crippen LogP contribution in [0.15, 0.2) is 24.3 Å². The Labute approximate surface area is 184 Å². The van der Waals surface area contributed by atoms with Crippen molar-refractivity contribution in [2.24, 2.45) is 0 Å². The molecule has 158 valence electrons. The van der Waals surface area contributed by atoms with Crippen LogP contribution < -0.4 is 17.0 Å². The van der Waals surface area contributed by atoms with Crippen LogP contribution in [0.25, 0.3) is 0 Å². The molecular weight excluding hydrogens is 414 g/mol. The first-order valence-corrected chi connectivity index (χ1v) is 10.3. The fourth-order valence-corrected chi connectivity index (χ4v) is 3.96. The molecule has 0 aromatic heterocycles. The lowest BCUT2D eigenvalue weighted by Gasteiger charge is -2.14. The Hall–Kier alpha value is -1.60. The highest BCUT2D eigenvalue weighted by molar-refractivity contribution is 5.93. The summed E-state index contributed by atoms with van der Waals surface area (Å²) in [5.41, 5.74) is 4.45. The van der Waals surface area contributed by atoms with Gasteiger partial charge in [-0.25, -0.2) is 0 Å². The molecule has 28 heavy (non-hydrogen) atoms. The van der Waals surface area contributed by atoms with E-state index < -0.39 is 0 Å². The van der Waals surface area contributed by atoms with Crippen molar-refractivity contribution in [2.45, 2.75) is 84.0 Å². The molecule has 0 saturated heterocycles. The monoisotopic (exact) mass is 451 g/mol. The van der Waals surface area contributed by atoms with Gasteiger partial charge in [0.25, 0.3) is 0 Å². The fraction of sp³-hybridized carbons (Fsp3) is 0.583. The highest BCUT2D eigenvalue weighted by Gasteiger charge is 2.42. The third-order valence-electron chi connectivity index (χ3n) is 5.86. The van der Waals surface area contributed by atoms with Crippen molar-refractivity contribution >= 4 is 17.4 Å². The third kappa shape index (κ3) is 6.48. The number of fused-ring (bicyclic) bond motifs is 1. The van der Waals surface area contributed by atoms with E-state index in [4.69, 9.17) is 6.42 Å². The van der Waals surface area contributed by atoms with Crippen LogP contribution >= 0.6 is 0 Å². The Morgan fingerprint density at radius 1 is 1.07 bits per heavy atom. The molecule has 0 unspecified atom stereocenters. The summed E-state index contributed by atoms with van der Waals surface area (Å²) in [7, 11) is 0. The number of esters is 1. The van der Waals surface area contributed by atoms with Crippen LogP contribution in [0.5, 0.6) is 0 Å². The smallest absolute Gasteiger partial charge is 0.319 e. The molecule has 1 aromatic rings. The maximum absolute atomic E-state index is 11.1. The number of hydrogen-bond donors (Lipinski definition) is 0. The molecule has 1 aliphatic rings. The number of ether oxygens (including phenoxy) is 1. The predicted molar refractivity (Wildman–Crippen MR) is 116 cm³/mol. The number of benzene rings is 1. The molecule has 0 spiro atoms. The number of hydrogen-bond acceptors (Lipinski definition) is 2. The minimum atomic E-state index is -0.281. The average Bonchev–Trinajstić information content (AvgIpc) is 2.84. The molecule has 1 heterocycles. The fourth-order valence-electron chi connectivity index (χ4n) is 3.96. The SMILES string of the molecule is C#COC(=O)CCCCCCCCCC[N+]1=C(C)C(C)(C)c2ccccc21.[Br-].[HH].[HH]. The van der Waals surface area contributed by atoms with Crippen LogP contribution in [0.1, 0.15) is 87.0 Å². The molecule has 2 rings (SSSR count). The zero-order valence-corrected chi connectivity index (χ0v) is 19.2. The Bertz CT molecular complexity index is 726. The summed E-state index contributed by atoms with van der Waals surface area (Å²) in [6, 6.07) is 8.82. The normalized spacial score (nSPS) is 14.2. The number of nitrogens with zero attached hydrogens (tertiary/aromatic N) is 1. The van der Waals surface area contributed by atoms with Gasteiger partial charge in [0, 0.05) is 34.2 Å². The van der Waals surface area contributed by atoms with E-state index in [2.05, 4.69) is 54.3 Å². The van der Waals surface area contributed by atoms with E-state index >= 15 is 0 Å². The first-order valence-electron chi connectivity index (χ1n) is 10.3. The Balaban J connectivity index is 0. The number of rotatable bonds is 11. The zero-order chi connectivity index (χ0) is 19.7. The quantitative estimate of drug-likeness (QED) is 0.223. The second kappa shape index (κ2) is 12.1. The van der Waals surface area contributed by atoms with Crippen LogP contribution in [0.4, 0.5) is 5.69 Å². The molecule has 0 atom stereocenters. The van der Waals surface area contributed by atoms with Gasteiger partial charge in [-0.2, -0.15) is 4.58 Å². The van der Waals surface area contributed by atoms with Crippen LogP contribution in [-0.2, 0) is 14.9 Å². The first kappa shape index (κ1) is 24.4. The standard InChI is InChI=1S/C24H34NO2.BrH.2H2/c1-5-27-23(26)18-12-10-8-6-7-9-11-15-19-25-20(2)24(3,4)21-16-13-14-17-22(21)25;;;/h1,13-14,16-17H,6-12,15,18-19H2,2-4H3;3*1H/q+1;;;/p-1. The van der Waals surface area contributed by atoms with Crippen molar-refractivity contribution in [3.63, 3.8) is 0 Å². The summed E-state index contributed by atoms with van der Waals surface area (Å²) in [5.74, 6) is -0.281. The molecule has 0 amide bonds. The van der Waals surface area contributed by atoms with E-state index in [9.17, 15) is 4.79 Å². The van der Waals surface area contributed by atoms with Gasteiger partial charge in [0.2, 0.25) is 5.69 Å². The Morgan fingerprint density at radius 2 is 1.64 bits per heavy atom. The largest absolute Gasteiger partial charge is 1.00 e. The summed E-state index contributed by atoms with van der Waals surface area (Å²) in [5, 5.41) is 0. The molecular formula is C24H38BrNO2. The second-order valence-corrected chi connectivity index (χ2v) is 8.05. The third-order valence-corrected chi connectivity index (χ3v) is 5.86. The number of halogens is 1. The molecule has 0 radical (unpaired) electrons. The van der Waals surface area contributed by atoms with Crippen LogP contribution in [0, 0.1) is 12.5 Å². The molecule has 3 nitrogen and oxygen atoms in total. The topological polar surface area (TPSA) is 29.3 Å². The lowest BCUT2D eigenvalue weighted by Crippen LogP contribution is -3.00. The van der Waals surface area contributed by atoms with Crippen molar-refractivity contribution in [3.05, 3.63) is 29.8 Å². The van der Waals surface area contributed by atoms with Gasteiger partial charge in [-0.1, -0.05) is 56.7 Å². The first-order chi connectivity index (χ1) is 13.0. The maximum atomic E-state index is 11.1. The van der Waals surface area contributed by atoms with E-state index in [0.29, 0.717) is 6.42 Å². The van der Waals surface area contributed by atoms with E-state index in [1.54, 1.807) is 0 Å². The molecule has 0 N–H and O–H groups in total. The van der Waals surface area contributed by atoms with Crippen molar-refractivity contribution in [1.29, 1.82) is 0 Å². The van der Waals surface area contributed by atoms with Crippen molar-refractivity contribution in [1.82, 2.24) is 0 Å². The van der Waals surface area contributed by atoms with Gasteiger partial charge in [0.05, 0.1) is 5.41 Å². The van der Waals surface area contributed by atoms with Crippen LogP contribution in [0.3, 0.4) is 0 Å². The zero-order valence-electron chi connectivity index (χ0n) is 17.6. The molecule has 0 saturated carbocycles. The number of carbonyl (C=O) groups excluding carboxylic acids is 1.